The highest BCUT2D eigenvalue weighted by molar-refractivity contribution is 7.90. The summed E-state index contributed by atoms with van der Waals surface area (Å²) in [6, 6.07) is 3.15. The zero-order chi connectivity index (χ0) is 18.8. The minimum atomic E-state index is -4.38. The molecule has 0 saturated carbocycles. The predicted molar refractivity (Wildman–Crippen MR) is 86.0 cm³/mol. The van der Waals surface area contributed by atoms with Crippen molar-refractivity contribution in [3.8, 4) is 5.75 Å². The summed E-state index contributed by atoms with van der Waals surface area (Å²) >= 11 is 0. The summed E-state index contributed by atoms with van der Waals surface area (Å²) in [5, 5.41) is 3.69. The summed E-state index contributed by atoms with van der Waals surface area (Å²) < 4.78 is 45.8. The zero-order valence-corrected chi connectivity index (χ0v) is 14.6. The third-order valence-corrected chi connectivity index (χ3v) is 4.90. The fourth-order valence-electron chi connectivity index (χ4n) is 2.11. The number of ether oxygens (including phenoxy) is 1. The SMILES string of the molecule is Cc1cccc(OCCF)c1S(=O)(=O)NC(=O)n1nc(C)n(C)c1=O. The van der Waals surface area contributed by atoms with Crippen molar-refractivity contribution in [3.05, 3.63) is 40.1 Å². The number of hydrogen-bond donors (Lipinski definition) is 1. The molecule has 0 bridgehead atoms. The van der Waals surface area contributed by atoms with Crippen molar-refractivity contribution in [3.63, 3.8) is 0 Å². The van der Waals surface area contributed by atoms with E-state index in [-0.39, 0.29) is 23.1 Å². The van der Waals surface area contributed by atoms with E-state index in [0.29, 0.717) is 10.2 Å². The van der Waals surface area contributed by atoms with E-state index in [4.69, 9.17) is 4.74 Å². The summed E-state index contributed by atoms with van der Waals surface area (Å²) in [4.78, 5) is 23.7. The van der Waals surface area contributed by atoms with Crippen molar-refractivity contribution in [2.45, 2.75) is 18.7 Å². The van der Waals surface area contributed by atoms with Gasteiger partial charge in [-0.05, 0) is 25.5 Å². The minimum Gasteiger partial charge on any atom is -0.489 e. The van der Waals surface area contributed by atoms with Crippen LogP contribution in [-0.2, 0) is 17.1 Å². The fourth-order valence-corrected chi connectivity index (χ4v) is 3.41. The molecule has 1 aromatic carbocycles. The molecule has 0 saturated heterocycles. The third kappa shape index (κ3) is 3.71. The van der Waals surface area contributed by atoms with Gasteiger partial charge in [0, 0.05) is 7.05 Å². The van der Waals surface area contributed by atoms with Crippen LogP contribution in [0.5, 0.6) is 5.75 Å². The Labute approximate surface area is 143 Å². The number of alkyl halides is 1. The van der Waals surface area contributed by atoms with E-state index in [1.54, 1.807) is 4.72 Å². The van der Waals surface area contributed by atoms with Crippen molar-refractivity contribution in [2.24, 2.45) is 7.05 Å². The van der Waals surface area contributed by atoms with Crippen LogP contribution in [-0.4, -0.2) is 42.1 Å². The standard InChI is InChI=1S/C14H17FN4O5S/c1-9-5-4-6-11(24-8-7-15)12(9)25(22,23)17-13(20)19-14(21)18(3)10(2)16-19/h4-6H,7-8H2,1-3H3,(H,17,20). The Hall–Kier alpha value is -2.69. The first kappa shape index (κ1) is 18.6. The number of carbonyl (C=O) groups excluding carboxylic acids is 1. The van der Waals surface area contributed by atoms with Gasteiger partial charge in [-0.2, -0.15) is 0 Å². The van der Waals surface area contributed by atoms with Crippen molar-refractivity contribution in [1.29, 1.82) is 0 Å². The Morgan fingerprint density at radius 2 is 2.04 bits per heavy atom. The Morgan fingerprint density at radius 3 is 2.60 bits per heavy atom. The maximum Gasteiger partial charge on any atom is 0.360 e. The molecule has 0 fully saturated rings. The average Bonchev–Trinajstić information content (AvgIpc) is 2.79. The number of aryl methyl sites for hydroxylation is 2. The maximum atomic E-state index is 12.6. The van der Waals surface area contributed by atoms with Gasteiger partial charge in [-0.15, -0.1) is 9.78 Å². The number of amides is 1. The summed E-state index contributed by atoms with van der Waals surface area (Å²) in [6.45, 7) is 1.85. The number of halogens is 1. The van der Waals surface area contributed by atoms with E-state index >= 15 is 0 Å². The molecular weight excluding hydrogens is 355 g/mol. The lowest BCUT2D eigenvalue weighted by Crippen LogP contribution is -2.40. The Balaban J connectivity index is 2.41. The molecule has 0 aliphatic heterocycles. The normalized spacial score (nSPS) is 11.4. The molecule has 2 rings (SSSR count). The van der Waals surface area contributed by atoms with E-state index in [1.165, 1.54) is 39.1 Å². The second-order valence-corrected chi connectivity index (χ2v) is 6.77. The van der Waals surface area contributed by atoms with Crippen LogP contribution in [0.1, 0.15) is 11.4 Å². The third-order valence-electron chi connectivity index (χ3n) is 3.39. The Kier molecular flexibility index (Phi) is 5.26. The highest BCUT2D eigenvalue weighted by Crippen LogP contribution is 2.27. The van der Waals surface area contributed by atoms with Crippen LogP contribution in [0.25, 0.3) is 0 Å². The quantitative estimate of drug-likeness (QED) is 0.818. The molecule has 0 aliphatic carbocycles. The van der Waals surface area contributed by atoms with E-state index in [0.717, 1.165) is 4.57 Å². The van der Waals surface area contributed by atoms with Gasteiger partial charge in [0.05, 0.1) is 0 Å². The van der Waals surface area contributed by atoms with Crippen LogP contribution < -0.4 is 15.1 Å². The van der Waals surface area contributed by atoms with Gasteiger partial charge in [0.25, 0.3) is 10.0 Å². The smallest absolute Gasteiger partial charge is 0.360 e. The van der Waals surface area contributed by atoms with E-state index < -0.39 is 28.4 Å². The average molecular weight is 372 g/mol. The van der Waals surface area contributed by atoms with Crippen LogP contribution in [0.15, 0.2) is 27.9 Å². The van der Waals surface area contributed by atoms with Gasteiger partial charge >= 0.3 is 11.7 Å². The lowest BCUT2D eigenvalue weighted by molar-refractivity contribution is 0.243. The number of aromatic nitrogens is 3. The van der Waals surface area contributed by atoms with E-state index in [9.17, 15) is 22.4 Å². The fraction of sp³-hybridized carbons (Fsp3) is 0.357. The van der Waals surface area contributed by atoms with Crippen LogP contribution >= 0.6 is 0 Å². The number of sulfonamides is 1. The van der Waals surface area contributed by atoms with E-state index in [1.807, 2.05) is 0 Å². The topological polar surface area (TPSA) is 112 Å². The van der Waals surface area contributed by atoms with E-state index in [2.05, 4.69) is 5.10 Å². The maximum absolute atomic E-state index is 12.6. The first-order chi connectivity index (χ1) is 11.7. The summed E-state index contributed by atoms with van der Waals surface area (Å²) in [5.41, 5.74) is -0.495. The lowest BCUT2D eigenvalue weighted by atomic mass is 10.2. The van der Waals surface area contributed by atoms with Crippen molar-refractivity contribution in [1.82, 2.24) is 19.1 Å². The molecule has 1 aromatic heterocycles. The molecular formula is C14H17FN4O5S. The molecule has 0 aliphatic rings. The molecule has 136 valence electrons. The van der Waals surface area contributed by atoms with Crippen molar-refractivity contribution in [2.75, 3.05) is 13.3 Å². The molecule has 9 nitrogen and oxygen atoms in total. The molecule has 0 unspecified atom stereocenters. The molecule has 11 heteroatoms. The number of benzene rings is 1. The molecule has 2 aromatic rings. The summed E-state index contributed by atoms with van der Waals surface area (Å²) in [7, 11) is -2.98. The summed E-state index contributed by atoms with van der Waals surface area (Å²) in [6.07, 6.45) is 0. The monoisotopic (exact) mass is 372 g/mol. The highest BCUT2D eigenvalue weighted by atomic mass is 32.2. The zero-order valence-electron chi connectivity index (χ0n) is 13.8. The number of hydrogen-bond acceptors (Lipinski definition) is 6. The molecule has 1 amide bonds. The Bertz CT molecular complexity index is 964. The second-order valence-electron chi connectivity index (χ2n) is 5.15. The number of carbonyl (C=O) groups is 1. The molecule has 0 atom stereocenters. The van der Waals surface area contributed by atoms with Gasteiger partial charge in [0.1, 0.15) is 29.8 Å². The van der Waals surface area contributed by atoms with Crippen molar-refractivity contribution >= 4 is 16.1 Å². The Morgan fingerprint density at radius 1 is 1.36 bits per heavy atom. The largest absolute Gasteiger partial charge is 0.489 e. The number of nitrogens with zero attached hydrogens (tertiary/aromatic N) is 3. The van der Waals surface area contributed by atoms with Crippen LogP contribution in [0.4, 0.5) is 9.18 Å². The van der Waals surface area contributed by atoms with Gasteiger partial charge in [0.15, 0.2) is 0 Å². The molecule has 1 heterocycles. The summed E-state index contributed by atoms with van der Waals surface area (Å²) in [5.74, 6) is 0.142. The van der Waals surface area contributed by atoms with Crippen LogP contribution in [0, 0.1) is 13.8 Å². The minimum absolute atomic E-state index is 0.0949. The molecule has 0 radical (unpaired) electrons. The first-order valence-corrected chi connectivity index (χ1v) is 8.65. The van der Waals surface area contributed by atoms with Gasteiger partial charge in [-0.3, -0.25) is 4.57 Å². The molecule has 1 N–H and O–H groups in total. The van der Waals surface area contributed by atoms with Gasteiger partial charge in [0.2, 0.25) is 0 Å². The highest BCUT2D eigenvalue weighted by Gasteiger charge is 2.26. The first-order valence-electron chi connectivity index (χ1n) is 7.17. The van der Waals surface area contributed by atoms with Crippen LogP contribution in [0.2, 0.25) is 0 Å². The van der Waals surface area contributed by atoms with Gasteiger partial charge in [-0.25, -0.2) is 27.1 Å². The molecule has 25 heavy (non-hydrogen) atoms. The number of rotatable bonds is 5. The lowest BCUT2D eigenvalue weighted by Gasteiger charge is -2.13. The molecule has 0 spiro atoms. The number of nitrogens with one attached hydrogen (secondary N) is 1. The predicted octanol–water partition coefficient (Wildman–Crippen LogP) is 0.494. The van der Waals surface area contributed by atoms with Gasteiger partial charge in [-0.1, -0.05) is 12.1 Å². The van der Waals surface area contributed by atoms with Crippen molar-refractivity contribution < 1.29 is 22.3 Å². The van der Waals surface area contributed by atoms with Crippen LogP contribution in [0.3, 0.4) is 0 Å². The van der Waals surface area contributed by atoms with Gasteiger partial charge < -0.3 is 4.74 Å². The second kappa shape index (κ2) is 7.05.